The van der Waals surface area contributed by atoms with Crippen molar-refractivity contribution in [2.45, 2.75) is 25.2 Å². The van der Waals surface area contributed by atoms with Crippen LogP contribution in [-0.2, 0) is 6.42 Å². The molecule has 0 bridgehead atoms. The molecule has 0 fully saturated rings. The smallest absolute Gasteiger partial charge is 0.137 e. The van der Waals surface area contributed by atoms with Crippen LogP contribution in [0.3, 0.4) is 0 Å². The van der Waals surface area contributed by atoms with Gasteiger partial charge < -0.3 is 4.74 Å². The molecule has 3 aromatic carbocycles. The van der Waals surface area contributed by atoms with Crippen molar-refractivity contribution in [1.29, 1.82) is 5.26 Å². The van der Waals surface area contributed by atoms with E-state index in [2.05, 4.69) is 59.6 Å². The molecule has 1 aliphatic rings. The molecule has 1 atom stereocenters. The molecule has 0 amide bonds. The topological polar surface area (TPSA) is 45.4 Å². The number of hydrogen-bond acceptors (Lipinski definition) is 3. The Kier molecular flexibility index (Phi) is 5.21. The maximum Gasteiger partial charge on any atom is 0.137 e. The zero-order valence-corrected chi connectivity index (χ0v) is 15.9. The molecule has 0 aromatic heterocycles. The number of para-hydroxylation sites is 1. The zero-order chi connectivity index (χ0) is 19.3. The van der Waals surface area contributed by atoms with Crippen LogP contribution < -0.4 is 4.74 Å². The van der Waals surface area contributed by atoms with E-state index in [0.29, 0.717) is 17.2 Å². The van der Waals surface area contributed by atoms with E-state index in [1.807, 2.05) is 24.4 Å². The summed E-state index contributed by atoms with van der Waals surface area (Å²) < 4.78 is 5.33. The lowest BCUT2D eigenvalue weighted by Crippen LogP contribution is -2.02. The van der Waals surface area contributed by atoms with E-state index in [1.165, 1.54) is 11.1 Å². The highest BCUT2D eigenvalue weighted by atomic mass is 16.5. The minimum Gasteiger partial charge on any atom is -0.495 e. The summed E-state index contributed by atoms with van der Waals surface area (Å²) in [6.45, 7) is 0. The Morgan fingerprint density at radius 1 is 1.04 bits per heavy atom. The summed E-state index contributed by atoms with van der Waals surface area (Å²) in [5.74, 6) is 1.10. The molecule has 0 saturated carbocycles. The Labute approximate surface area is 165 Å². The number of hydrogen-bond donors (Lipinski definition) is 0. The largest absolute Gasteiger partial charge is 0.495 e. The van der Waals surface area contributed by atoms with E-state index in [0.717, 1.165) is 36.1 Å². The third kappa shape index (κ3) is 3.68. The molecule has 28 heavy (non-hydrogen) atoms. The average molecular weight is 366 g/mol. The van der Waals surface area contributed by atoms with Gasteiger partial charge in [0, 0.05) is 6.21 Å². The van der Waals surface area contributed by atoms with Crippen LogP contribution in [0.25, 0.3) is 11.1 Å². The number of benzene rings is 3. The molecule has 3 heteroatoms. The molecule has 0 spiro atoms. The Hall–Kier alpha value is -3.38. The molecule has 1 unspecified atom stereocenters. The van der Waals surface area contributed by atoms with Gasteiger partial charge >= 0.3 is 0 Å². The summed E-state index contributed by atoms with van der Waals surface area (Å²) in [6, 6.07) is 25.0. The van der Waals surface area contributed by atoms with Crippen LogP contribution in [0.1, 0.15) is 35.4 Å². The third-order valence-electron chi connectivity index (χ3n) is 5.34. The van der Waals surface area contributed by atoms with Gasteiger partial charge in [-0.25, -0.2) is 0 Å². The SMILES string of the molecule is COc1cc(-c2ccc(CC3CCC=Nc4ccccc43)cc2)ccc1C#N. The third-order valence-corrected chi connectivity index (χ3v) is 5.34. The molecule has 1 heterocycles. The average Bonchev–Trinajstić information content (AvgIpc) is 2.96. The van der Waals surface area contributed by atoms with Gasteiger partial charge in [-0.05, 0) is 65.6 Å². The van der Waals surface area contributed by atoms with E-state index in [4.69, 9.17) is 10.00 Å². The predicted molar refractivity (Wildman–Crippen MR) is 113 cm³/mol. The second kappa shape index (κ2) is 8.10. The van der Waals surface area contributed by atoms with Gasteiger partial charge in [-0.2, -0.15) is 5.26 Å². The van der Waals surface area contributed by atoms with E-state index in [-0.39, 0.29) is 0 Å². The minimum atomic E-state index is 0.486. The molecular formula is C25H22N2O. The van der Waals surface area contributed by atoms with Crippen LogP contribution in [0.2, 0.25) is 0 Å². The first-order valence-corrected chi connectivity index (χ1v) is 9.57. The number of nitriles is 1. The van der Waals surface area contributed by atoms with Gasteiger partial charge in [-0.1, -0.05) is 48.5 Å². The van der Waals surface area contributed by atoms with Crippen molar-refractivity contribution in [2.75, 3.05) is 7.11 Å². The highest BCUT2D eigenvalue weighted by Crippen LogP contribution is 2.35. The number of methoxy groups -OCH3 is 1. The van der Waals surface area contributed by atoms with Crippen molar-refractivity contribution in [3.8, 4) is 22.9 Å². The Balaban J connectivity index is 1.56. The van der Waals surface area contributed by atoms with E-state index in [1.54, 1.807) is 7.11 Å². The number of rotatable bonds is 4. The molecule has 3 nitrogen and oxygen atoms in total. The van der Waals surface area contributed by atoms with Crippen LogP contribution in [0.15, 0.2) is 71.7 Å². The Morgan fingerprint density at radius 2 is 1.82 bits per heavy atom. The molecule has 0 N–H and O–H groups in total. The fraction of sp³-hybridized carbons (Fsp3) is 0.200. The fourth-order valence-corrected chi connectivity index (χ4v) is 3.84. The zero-order valence-electron chi connectivity index (χ0n) is 15.9. The van der Waals surface area contributed by atoms with Crippen molar-refractivity contribution >= 4 is 11.9 Å². The number of nitrogens with zero attached hydrogens (tertiary/aromatic N) is 2. The number of fused-ring (bicyclic) bond motifs is 1. The van der Waals surface area contributed by atoms with E-state index in [9.17, 15) is 0 Å². The molecule has 3 aromatic rings. The standard InChI is InChI=1S/C25H22N2O/c1-28-25-16-20(12-13-22(25)17-26)19-10-8-18(9-11-19)15-21-5-4-14-27-24-7-3-2-6-23(21)24/h2-3,6-14,16,21H,4-5,15H2,1H3. The van der Waals surface area contributed by atoms with Gasteiger partial charge in [0.05, 0.1) is 18.4 Å². The van der Waals surface area contributed by atoms with Gasteiger partial charge in [0.1, 0.15) is 11.8 Å². The van der Waals surface area contributed by atoms with Crippen LogP contribution in [0, 0.1) is 11.3 Å². The molecule has 0 saturated heterocycles. The first-order valence-electron chi connectivity index (χ1n) is 9.57. The lowest BCUT2D eigenvalue weighted by Gasteiger charge is -2.17. The summed E-state index contributed by atoms with van der Waals surface area (Å²) >= 11 is 0. The van der Waals surface area contributed by atoms with Crippen LogP contribution in [0.4, 0.5) is 5.69 Å². The Bertz CT molecular complexity index is 1040. The summed E-state index contributed by atoms with van der Waals surface area (Å²) in [4.78, 5) is 4.60. The number of ether oxygens (including phenoxy) is 1. The molecule has 1 aliphatic heterocycles. The van der Waals surface area contributed by atoms with Crippen LogP contribution in [-0.4, -0.2) is 13.3 Å². The van der Waals surface area contributed by atoms with Crippen molar-refractivity contribution in [2.24, 2.45) is 4.99 Å². The van der Waals surface area contributed by atoms with Gasteiger partial charge in [0.2, 0.25) is 0 Å². The van der Waals surface area contributed by atoms with Crippen molar-refractivity contribution in [3.05, 3.63) is 83.4 Å². The first kappa shape index (κ1) is 18.0. The van der Waals surface area contributed by atoms with Crippen molar-refractivity contribution < 1.29 is 4.74 Å². The lowest BCUT2D eigenvalue weighted by molar-refractivity contribution is 0.413. The highest BCUT2D eigenvalue weighted by Gasteiger charge is 2.17. The van der Waals surface area contributed by atoms with Crippen molar-refractivity contribution in [1.82, 2.24) is 0 Å². The van der Waals surface area contributed by atoms with Gasteiger partial charge in [0.15, 0.2) is 0 Å². The number of aliphatic imine (C=N–C) groups is 1. The summed E-state index contributed by atoms with van der Waals surface area (Å²) in [5, 5.41) is 9.15. The van der Waals surface area contributed by atoms with Crippen LogP contribution >= 0.6 is 0 Å². The normalized spacial score (nSPS) is 15.4. The minimum absolute atomic E-state index is 0.486. The van der Waals surface area contributed by atoms with E-state index >= 15 is 0 Å². The second-order valence-electron chi connectivity index (χ2n) is 7.07. The second-order valence-corrected chi connectivity index (χ2v) is 7.07. The van der Waals surface area contributed by atoms with Crippen LogP contribution in [0.5, 0.6) is 5.75 Å². The first-order chi connectivity index (χ1) is 13.8. The molecular weight excluding hydrogens is 344 g/mol. The van der Waals surface area contributed by atoms with Gasteiger partial charge in [-0.15, -0.1) is 0 Å². The maximum absolute atomic E-state index is 9.15. The summed E-state index contributed by atoms with van der Waals surface area (Å²) in [5.41, 5.74) is 6.50. The maximum atomic E-state index is 9.15. The van der Waals surface area contributed by atoms with Gasteiger partial charge in [-0.3, -0.25) is 4.99 Å². The Morgan fingerprint density at radius 3 is 2.61 bits per heavy atom. The molecule has 4 rings (SSSR count). The highest BCUT2D eigenvalue weighted by molar-refractivity contribution is 5.68. The predicted octanol–water partition coefficient (Wildman–Crippen LogP) is 6.06. The monoisotopic (exact) mass is 366 g/mol. The summed E-state index contributed by atoms with van der Waals surface area (Å²) in [7, 11) is 1.59. The summed E-state index contributed by atoms with van der Waals surface area (Å²) in [6.07, 6.45) is 5.19. The van der Waals surface area contributed by atoms with Crippen molar-refractivity contribution in [3.63, 3.8) is 0 Å². The van der Waals surface area contributed by atoms with Gasteiger partial charge in [0.25, 0.3) is 0 Å². The molecule has 0 radical (unpaired) electrons. The molecule has 0 aliphatic carbocycles. The fourth-order valence-electron chi connectivity index (χ4n) is 3.84. The van der Waals surface area contributed by atoms with E-state index < -0.39 is 0 Å². The quantitative estimate of drug-likeness (QED) is 0.564. The lowest BCUT2D eigenvalue weighted by atomic mass is 9.87. The molecule has 138 valence electrons.